The van der Waals surface area contributed by atoms with Crippen LogP contribution < -0.4 is 9.47 Å². The largest absolute Gasteiger partial charge is 0.490 e. The molecule has 17 heavy (non-hydrogen) atoms. The zero-order valence-electron chi connectivity index (χ0n) is 10.9. The lowest BCUT2D eigenvalue weighted by atomic mass is 10.2. The Kier molecular flexibility index (Phi) is 5.84. The third kappa shape index (κ3) is 3.93. The molecule has 3 nitrogen and oxygen atoms in total. The molecular formula is C14H22O3. The zero-order chi connectivity index (χ0) is 12.7. The maximum Gasteiger partial charge on any atom is 0.167 e. The predicted molar refractivity (Wildman–Crippen MR) is 68.5 cm³/mol. The van der Waals surface area contributed by atoms with E-state index in [2.05, 4.69) is 6.92 Å². The standard InChI is InChI=1S/C14H22O3/c1-4-7-11(3)17-14-12(10-15)8-6-9-13(14)16-5-2/h6,8-9,11,15H,4-5,7,10H2,1-3H3. The van der Waals surface area contributed by atoms with E-state index < -0.39 is 0 Å². The molecule has 0 amide bonds. The van der Waals surface area contributed by atoms with Gasteiger partial charge in [-0.25, -0.2) is 0 Å². The predicted octanol–water partition coefficient (Wildman–Crippen LogP) is 3.15. The van der Waals surface area contributed by atoms with Crippen molar-refractivity contribution in [3.05, 3.63) is 23.8 Å². The first-order valence-corrected chi connectivity index (χ1v) is 6.25. The highest BCUT2D eigenvalue weighted by Gasteiger charge is 2.13. The molecular weight excluding hydrogens is 216 g/mol. The number of benzene rings is 1. The summed E-state index contributed by atoms with van der Waals surface area (Å²) < 4.78 is 11.4. The minimum absolute atomic E-state index is 0.0326. The monoisotopic (exact) mass is 238 g/mol. The Morgan fingerprint density at radius 3 is 2.65 bits per heavy atom. The van der Waals surface area contributed by atoms with E-state index in [4.69, 9.17) is 9.47 Å². The third-order valence-electron chi connectivity index (χ3n) is 2.54. The van der Waals surface area contributed by atoms with E-state index in [-0.39, 0.29) is 12.7 Å². The molecule has 0 bridgehead atoms. The second kappa shape index (κ2) is 7.17. The van der Waals surface area contributed by atoms with Crippen molar-refractivity contribution in [1.82, 2.24) is 0 Å². The second-order valence-electron chi connectivity index (χ2n) is 4.05. The van der Waals surface area contributed by atoms with Crippen LogP contribution in [0.2, 0.25) is 0 Å². The van der Waals surface area contributed by atoms with Crippen molar-refractivity contribution in [3.8, 4) is 11.5 Å². The molecule has 0 aliphatic carbocycles. The van der Waals surface area contributed by atoms with Gasteiger partial charge >= 0.3 is 0 Å². The normalized spacial score (nSPS) is 12.2. The fourth-order valence-electron chi connectivity index (χ4n) is 1.76. The van der Waals surface area contributed by atoms with Crippen LogP contribution >= 0.6 is 0 Å². The number of rotatable bonds is 7. The van der Waals surface area contributed by atoms with Gasteiger partial charge in [-0.15, -0.1) is 0 Å². The van der Waals surface area contributed by atoms with Crippen molar-refractivity contribution in [1.29, 1.82) is 0 Å². The smallest absolute Gasteiger partial charge is 0.167 e. The van der Waals surface area contributed by atoms with Gasteiger partial charge in [0.1, 0.15) is 0 Å². The van der Waals surface area contributed by atoms with Crippen LogP contribution in [0.4, 0.5) is 0 Å². The maximum atomic E-state index is 9.32. The molecule has 1 unspecified atom stereocenters. The van der Waals surface area contributed by atoms with Gasteiger partial charge in [0.2, 0.25) is 0 Å². The van der Waals surface area contributed by atoms with Crippen molar-refractivity contribution in [3.63, 3.8) is 0 Å². The lowest BCUT2D eigenvalue weighted by Crippen LogP contribution is -2.13. The molecule has 3 heteroatoms. The van der Waals surface area contributed by atoms with Crippen LogP contribution in [-0.4, -0.2) is 17.8 Å². The van der Waals surface area contributed by atoms with Crippen LogP contribution in [0.3, 0.4) is 0 Å². The first kappa shape index (κ1) is 13.8. The Morgan fingerprint density at radius 1 is 1.29 bits per heavy atom. The highest BCUT2D eigenvalue weighted by molar-refractivity contribution is 5.46. The lowest BCUT2D eigenvalue weighted by Gasteiger charge is -2.19. The van der Waals surface area contributed by atoms with E-state index in [1.807, 2.05) is 32.0 Å². The first-order valence-electron chi connectivity index (χ1n) is 6.25. The Morgan fingerprint density at radius 2 is 2.06 bits per heavy atom. The number of aliphatic hydroxyl groups is 1. The van der Waals surface area contributed by atoms with Crippen LogP contribution in [-0.2, 0) is 6.61 Å². The summed E-state index contributed by atoms with van der Waals surface area (Å²) in [5.41, 5.74) is 0.777. The van der Waals surface area contributed by atoms with Gasteiger partial charge in [-0.2, -0.15) is 0 Å². The highest BCUT2D eigenvalue weighted by Crippen LogP contribution is 2.32. The number of hydrogen-bond acceptors (Lipinski definition) is 3. The molecule has 1 atom stereocenters. The minimum Gasteiger partial charge on any atom is -0.490 e. The Balaban J connectivity index is 2.91. The van der Waals surface area contributed by atoms with Crippen LogP contribution in [0.1, 0.15) is 39.2 Å². The fourth-order valence-corrected chi connectivity index (χ4v) is 1.76. The fraction of sp³-hybridized carbons (Fsp3) is 0.571. The summed E-state index contributed by atoms with van der Waals surface area (Å²) in [6.07, 6.45) is 2.20. The molecule has 0 saturated heterocycles. The Bertz CT molecular complexity index is 336. The molecule has 0 heterocycles. The summed E-state index contributed by atoms with van der Waals surface area (Å²) in [5, 5.41) is 9.32. The maximum absolute atomic E-state index is 9.32. The van der Waals surface area contributed by atoms with Crippen molar-refractivity contribution >= 4 is 0 Å². The summed E-state index contributed by atoms with van der Waals surface area (Å²) >= 11 is 0. The van der Waals surface area contributed by atoms with Gasteiger partial charge in [0.15, 0.2) is 11.5 Å². The highest BCUT2D eigenvalue weighted by atomic mass is 16.5. The van der Waals surface area contributed by atoms with Gasteiger partial charge in [0.05, 0.1) is 19.3 Å². The minimum atomic E-state index is -0.0326. The topological polar surface area (TPSA) is 38.7 Å². The van der Waals surface area contributed by atoms with Crippen molar-refractivity contribution in [2.75, 3.05) is 6.61 Å². The summed E-state index contributed by atoms with van der Waals surface area (Å²) in [6.45, 7) is 6.65. The van der Waals surface area contributed by atoms with Gasteiger partial charge < -0.3 is 14.6 Å². The quantitative estimate of drug-likeness (QED) is 0.793. The Hall–Kier alpha value is -1.22. The summed E-state index contributed by atoms with van der Waals surface area (Å²) in [7, 11) is 0. The van der Waals surface area contributed by atoms with E-state index in [0.29, 0.717) is 18.1 Å². The molecule has 0 saturated carbocycles. The lowest BCUT2D eigenvalue weighted by molar-refractivity contribution is 0.187. The molecule has 0 spiro atoms. The SMILES string of the molecule is CCCC(C)Oc1c(CO)cccc1OCC. The number of para-hydroxylation sites is 1. The molecule has 0 fully saturated rings. The molecule has 1 aromatic rings. The van der Waals surface area contributed by atoms with Gasteiger partial charge in [0.25, 0.3) is 0 Å². The molecule has 0 aliphatic rings. The van der Waals surface area contributed by atoms with Crippen LogP contribution in [0, 0.1) is 0 Å². The van der Waals surface area contributed by atoms with Gasteiger partial charge in [-0.3, -0.25) is 0 Å². The van der Waals surface area contributed by atoms with E-state index in [0.717, 1.165) is 18.4 Å². The molecule has 0 radical (unpaired) electrons. The molecule has 1 N–H and O–H groups in total. The molecule has 96 valence electrons. The number of hydrogen-bond donors (Lipinski definition) is 1. The molecule has 0 aliphatic heterocycles. The van der Waals surface area contributed by atoms with Crippen LogP contribution in [0.25, 0.3) is 0 Å². The van der Waals surface area contributed by atoms with Gasteiger partial charge in [-0.1, -0.05) is 25.5 Å². The van der Waals surface area contributed by atoms with E-state index in [1.54, 1.807) is 0 Å². The molecule has 0 aromatic heterocycles. The molecule has 1 aromatic carbocycles. The van der Waals surface area contributed by atoms with Gasteiger partial charge in [0, 0.05) is 5.56 Å². The van der Waals surface area contributed by atoms with Crippen molar-refractivity contribution in [2.45, 2.75) is 46.3 Å². The average Bonchev–Trinajstić information content (AvgIpc) is 2.32. The summed E-state index contributed by atoms with van der Waals surface area (Å²) in [5.74, 6) is 1.39. The van der Waals surface area contributed by atoms with Crippen molar-refractivity contribution < 1.29 is 14.6 Å². The zero-order valence-corrected chi connectivity index (χ0v) is 10.9. The average molecular weight is 238 g/mol. The van der Waals surface area contributed by atoms with E-state index >= 15 is 0 Å². The second-order valence-corrected chi connectivity index (χ2v) is 4.05. The first-order chi connectivity index (χ1) is 8.22. The van der Waals surface area contributed by atoms with Gasteiger partial charge in [-0.05, 0) is 26.3 Å². The Labute approximate surface area is 103 Å². The van der Waals surface area contributed by atoms with E-state index in [9.17, 15) is 5.11 Å². The van der Waals surface area contributed by atoms with Crippen LogP contribution in [0.15, 0.2) is 18.2 Å². The van der Waals surface area contributed by atoms with Crippen LogP contribution in [0.5, 0.6) is 11.5 Å². The van der Waals surface area contributed by atoms with Crippen molar-refractivity contribution in [2.24, 2.45) is 0 Å². The summed E-state index contributed by atoms with van der Waals surface area (Å²) in [4.78, 5) is 0. The molecule has 1 rings (SSSR count). The number of aliphatic hydroxyl groups excluding tert-OH is 1. The number of ether oxygens (including phenoxy) is 2. The third-order valence-corrected chi connectivity index (χ3v) is 2.54. The van der Waals surface area contributed by atoms with E-state index in [1.165, 1.54) is 0 Å². The summed E-state index contributed by atoms with van der Waals surface area (Å²) in [6, 6.07) is 5.60.